The largest absolute Gasteiger partial charge is 0.489 e. The summed E-state index contributed by atoms with van der Waals surface area (Å²) in [7, 11) is 0. The monoisotopic (exact) mass is 485 g/mol. The second-order valence-corrected chi connectivity index (χ2v) is 8.90. The van der Waals surface area contributed by atoms with E-state index in [1.807, 2.05) is 26.0 Å². The van der Waals surface area contributed by atoms with Crippen molar-refractivity contribution in [1.82, 2.24) is 21.0 Å². The summed E-state index contributed by atoms with van der Waals surface area (Å²) in [6.07, 6.45) is 0.116. The Bertz CT molecular complexity index is 1130. The Morgan fingerprint density at radius 1 is 1.09 bits per heavy atom. The Kier molecular flexibility index (Phi) is 7.43. The van der Waals surface area contributed by atoms with Gasteiger partial charge in [0.25, 0.3) is 5.91 Å². The van der Waals surface area contributed by atoms with Crippen molar-refractivity contribution in [1.29, 1.82) is 0 Å². The zero-order valence-electron chi connectivity index (χ0n) is 19.3. The van der Waals surface area contributed by atoms with Crippen molar-refractivity contribution >= 4 is 28.3 Å². The highest BCUT2D eigenvalue weighted by atomic mass is 32.1. The lowest BCUT2D eigenvalue weighted by Crippen LogP contribution is -2.42. The molecule has 0 aliphatic carbocycles. The van der Waals surface area contributed by atoms with Crippen molar-refractivity contribution in [2.75, 3.05) is 31.2 Å². The molecule has 1 fully saturated rings. The van der Waals surface area contributed by atoms with Crippen molar-refractivity contribution in [3.63, 3.8) is 0 Å². The lowest BCUT2D eigenvalue weighted by molar-refractivity contribution is -0.121. The minimum atomic E-state index is -0.383. The number of hydrazine groups is 1. The molecule has 2 N–H and O–H groups in total. The van der Waals surface area contributed by atoms with Gasteiger partial charge in [-0.15, -0.1) is 0 Å². The fourth-order valence-electron chi connectivity index (χ4n) is 3.46. The number of aryl methyl sites for hydroxylation is 3. The number of anilines is 1. The zero-order valence-corrected chi connectivity index (χ0v) is 20.2. The molecule has 1 aliphatic rings. The van der Waals surface area contributed by atoms with Gasteiger partial charge in [0.1, 0.15) is 23.0 Å². The Labute approximate surface area is 201 Å². The van der Waals surface area contributed by atoms with Crippen LogP contribution in [0.25, 0.3) is 0 Å². The third-order valence-electron chi connectivity index (χ3n) is 5.44. The first kappa shape index (κ1) is 23.7. The predicted octanol–water partition coefficient (Wildman–Crippen LogP) is 2.48. The summed E-state index contributed by atoms with van der Waals surface area (Å²) >= 11 is 1.31. The topological polar surface area (TPSA) is 119 Å². The van der Waals surface area contributed by atoms with Crippen LogP contribution in [0.4, 0.5) is 5.13 Å². The van der Waals surface area contributed by atoms with Crippen LogP contribution in [0.5, 0.6) is 5.75 Å². The van der Waals surface area contributed by atoms with E-state index in [9.17, 15) is 9.59 Å². The van der Waals surface area contributed by atoms with Gasteiger partial charge in [0.05, 0.1) is 36.6 Å². The lowest BCUT2D eigenvalue weighted by Gasteiger charge is -2.25. The van der Waals surface area contributed by atoms with E-state index in [-0.39, 0.29) is 18.2 Å². The average Bonchev–Trinajstić information content (AvgIpc) is 3.39. The first-order chi connectivity index (χ1) is 16.4. The van der Waals surface area contributed by atoms with E-state index >= 15 is 0 Å². The molecule has 0 bridgehead atoms. The van der Waals surface area contributed by atoms with Crippen LogP contribution in [0.3, 0.4) is 0 Å². The highest BCUT2D eigenvalue weighted by Gasteiger charge is 2.21. The molecule has 34 heavy (non-hydrogen) atoms. The number of benzene rings is 1. The highest BCUT2D eigenvalue weighted by Crippen LogP contribution is 2.26. The molecular weight excluding hydrogens is 458 g/mol. The van der Waals surface area contributed by atoms with Gasteiger partial charge in [0, 0.05) is 13.1 Å². The molecule has 3 heterocycles. The third-order valence-corrected chi connectivity index (χ3v) is 6.66. The van der Waals surface area contributed by atoms with Gasteiger partial charge in [0.15, 0.2) is 5.13 Å². The molecule has 0 unspecified atom stereocenters. The average molecular weight is 486 g/mol. The zero-order chi connectivity index (χ0) is 24.1. The molecule has 3 aromatic rings. The number of ether oxygens (including phenoxy) is 2. The maximum atomic E-state index is 12.6. The van der Waals surface area contributed by atoms with Gasteiger partial charge >= 0.3 is 0 Å². The fourth-order valence-corrected chi connectivity index (χ4v) is 4.48. The van der Waals surface area contributed by atoms with E-state index in [1.165, 1.54) is 11.3 Å². The SMILES string of the molecule is Cc1nc(N2CCOCC2)sc1C(=O)NNC(=O)Cc1ccc(OCc2c(C)noc2C)cc1. The fraction of sp³-hybridized carbons (Fsp3) is 0.391. The minimum Gasteiger partial charge on any atom is -0.489 e. The van der Waals surface area contributed by atoms with E-state index in [2.05, 4.69) is 25.9 Å². The summed E-state index contributed by atoms with van der Waals surface area (Å²) < 4.78 is 16.3. The number of hydrogen-bond acceptors (Lipinski definition) is 9. The summed E-state index contributed by atoms with van der Waals surface area (Å²) in [5.41, 5.74) is 8.11. The van der Waals surface area contributed by atoms with E-state index in [1.54, 1.807) is 19.1 Å². The van der Waals surface area contributed by atoms with Crippen molar-refractivity contribution in [2.24, 2.45) is 0 Å². The number of amides is 2. The number of aromatic nitrogens is 2. The highest BCUT2D eigenvalue weighted by molar-refractivity contribution is 7.17. The molecule has 11 heteroatoms. The standard InChI is InChI=1S/C23H27N5O5S/c1-14-19(16(3)33-27-14)13-32-18-6-4-17(5-7-18)12-20(29)25-26-22(30)21-15(2)24-23(34-21)28-8-10-31-11-9-28/h4-7H,8-13H2,1-3H3,(H,25,29)(H,26,30). The number of thiazole rings is 1. The summed E-state index contributed by atoms with van der Waals surface area (Å²) in [6, 6.07) is 7.22. The quantitative estimate of drug-likeness (QED) is 0.490. The second-order valence-electron chi connectivity index (χ2n) is 7.92. The van der Waals surface area contributed by atoms with E-state index in [0.29, 0.717) is 36.1 Å². The molecule has 180 valence electrons. The number of rotatable bonds is 7. The van der Waals surface area contributed by atoms with Gasteiger partial charge in [-0.2, -0.15) is 0 Å². The number of carbonyl (C=O) groups excluding carboxylic acids is 2. The van der Waals surface area contributed by atoms with Gasteiger partial charge in [-0.05, 0) is 38.5 Å². The second kappa shape index (κ2) is 10.7. The van der Waals surface area contributed by atoms with E-state index < -0.39 is 0 Å². The molecule has 0 saturated carbocycles. The first-order valence-corrected chi connectivity index (χ1v) is 11.7. The smallest absolute Gasteiger partial charge is 0.281 e. The molecule has 0 atom stereocenters. The number of carbonyl (C=O) groups is 2. The van der Waals surface area contributed by atoms with Crippen molar-refractivity contribution in [3.8, 4) is 5.75 Å². The number of nitrogens with one attached hydrogen (secondary N) is 2. The van der Waals surface area contributed by atoms with Crippen molar-refractivity contribution in [3.05, 3.63) is 57.4 Å². The molecule has 1 aliphatic heterocycles. The van der Waals surface area contributed by atoms with Crippen LogP contribution in [0.15, 0.2) is 28.8 Å². The molecule has 2 aromatic heterocycles. The summed E-state index contributed by atoms with van der Waals surface area (Å²) in [5, 5.41) is 4.70. The number of nitrogens with zero attached hydrogens (tertiary/aromatic N) is 3. The lowest BCUT2D eigenvalue weighted by atomic mass is 10.1. The van der Waals surface area contributed by atoms with Crippen LogP contribution in [0.1, 0.15) is 37.9 Å². The van der Waals surface area contributed by atoms with Crippen LogP contribution in [0.2, 0.25) is 0 Å². The molecule has 2 amide bonds. The van der Waals surface area contributed by atoms with Crippen LogP contribution < -0.4 is 20.5 Å². The molecule has 10 nitrogen and oxygen atoms in total. The molecule has 1 aromatic carbocycles. The molecule has 0 radical (unpaired) electrons. The third kappa shape index (κ3) is 5.72. The molecule has 4 rings (SSSR count). The Morgan fingerprint density at radius 2 is 1.82 bits per heavy atom. The molecule has 0 spiro atoms. The van der Waals surface area contributed by atoms with Gasteiger partial charge in [0.2, 0.25) is 5.91 Å². The molecule has 1 saturated heterocycles. The number of morpholine rings is 1. The van der Waals surface area contributed by atoms with Gasteiger partial charge in [-0.3, -0.25) is 20.4 Å². The van der Waals surface area contributed by atoms with Crippen molar-refractivity contribution < 1.29 is 23.6 Å². The maximum absolute atomic E-state index is 12.6. The van der Waals surface area contributed by atoms with Crippen LogP contribution in [0, 0.1) is 20.8 Å². The van der Waals surface area contributed by atoms with Crippen LogP contribution >= 0.6 is 11.3 Å². The maximum Gasteiger partial charge on any atom is 0.281 e. The predicted molar refractivity (Wildman–Crippen MR) is 126 cm³/mol. The van der Waals surface area contributed by atoms with Gasteiger partial charge in [-0.25, -0.2) is 4.98 Å². The summed E-state index contributed by atoms with van der Waals surface area (Å²) in [5.74, 6) is 0.701. The van der Waals surface area contributed by atoms with Gasteiger partial charge < -0.3 is 18.9 Å². The summed E-state index contributed by atoms with van der Waals surface area (Å²) in [4.78, 5) is 31.9. The Hall–Kier alpha value is -3.44. The van der Waals surface area contributed by atoms with E-state index in [4.69, 9.17) is 14.0 Å². The normalized spacial score (nSPS) is 13.6. The molecular formula is C23H27N5O5S. The van der Waals surface area contributed by atoms with Crippen molar-refractivity contribution in [2.45, 2.75) is 33.8 Å². The van der Waals surface area contributed by atoms with Crippen LogP contribution in [-0.2, 0) is 22.6 Å². The number of hydrogen-bond donors (Lipinski definition) is 2. The van der Waals surface area contributed by atoms with Gasteiger partial charge in [-0.1, -0.05) is 28.6 Å². The Morgan fingerprint density at radius 3 is 2.50 bits per heavy atom. The summed E-state index contributed by atoms with van der Waals surface area (Å²) in [6.45, 7) is 8.63. The first-order valence-electron chi connectivity index (χ1n) is 10.9. The Balaban J connectivity index is 1.25. The van der Waals surface area contributed by atoms with Crippen LogP contribution in [-0.4, -0.2) is 48.3 Å². The minimum absolute atomic E-state index is 0.116. The van der Waals surface area contributed by atoms with E-state index in [0.717, 1.165) is 40.8 Å².